The van der Waals surface area contributed by atoms with Crippen molar-refractivity contribution in [3.63, 3.8) is 0 Å². The molecule has 1 atom stereocenters. The molecule has 6 heteroatoms. The summed E-state index contributed by atoms with van der Waals surface area (Å²) in [5.74, 6) is 0.178. The number of rotatable bonds is 8. The van der Waals surface area contributed by atoms with E-state index in [1.807, 2.05) is 30.3 Å². The van der Waals surface area contributed by atoms with Gasteiger partial charge in [-0.15, -0.1) is 0 Å². The second kappa shape index (κ2) is 8.82. The molecule has 132 valence electrons. The van der Waals surface area contributed by atoms with Crippen molar-refractivity contribution < 1.29 is 14.5 Å². The van der Waals surface area contributed by atoms with Crippen LogP contribution in [0, 0.1) is 16.0 Å². The molecule has 0 saturated carbocycles. The van der Waals surface area contributed by atoms with E-state index in [2.05, 4.69) is 19.2 Å². The van der Waals surface area contributed by atoms with Gasteiger partial charge >= 0.3 is 5.69 Å². The fourth-order valence-electron chi connectivity index (χ4n) is 2.54. The van der Waals surface area contributed by atoms with Crippen LogP contribution in [0.2, 0.25) is 0 Å². The van der Waals surface area contributed by atoms with Gasteiger partial charge in [-0.1, -0.05) is 56.3 Å². The van der Waals surface area contributed by atoms with Crippen LogP contribution in [0.15, 0.2) is 54.6 Å². The second-order valence-electron chi connectivity index (χ2n) is 6.17. The molecule has 0 saturated heterocycles. The number of ether oxygens (including phenoxy) is 1. The number of para-hydroxylation sites is 2. The van der Waals surface area contributed by atoms with Gasteiger partial charge in [0.25, 0.3) is 5.91 Å². The normalized spacial score (nSPS) is 11.8. The van der Waals surface area contributed by atoms with Crippen LogP contribution < -0.4 is 10.1 Å². The molecule has 1 amide bonds. The first-order valence-electron chi connectivity index (χ1n) is 8.18. The van der Waals surface area contributed by atoms with E-state index in [0.717, 1.165) is 12.0 Å². The number of hydrogen-bond donors (Lipinski definition) is 1. The van der Waals surface area contributed by atoms with Crippen molar-refractivity contribution >= 4 is 11.6 Å². The molecule has 0 heterocycles. The van der Waals surface area contributed by atoms with E-state index in [-0.39, 0.29) is 30.0 Å². The Labute approximate surface area is 147 Å². The molecule has 25 heavy (non-hydrogen) atoms. The van der Waals surface area contributed by atoms with Gasteiger partial charge in [-0.3, -0.25) is 14.9 Å². The molecule has 0 fully saturated rings. The van der Waals surface area contributed by atoms with E-state index in [1.54, 1.807) is 12.1 Å². The predicted octanol–water partition coefficient (Wildman–Crippen LogP) is 3.88. The summed E-state index contributed by atoms with van der Waals surface area (Å²) >= 11 is 0. The van der Waals surface area contributed by atoms with Crippen molar-refractivity contribution in [2.24, 2.45) is 5.92 Å². The Bertz CT molecular complexity index is 716. The summed E-state index contributed by atoms with van der Waals surface area (Å²) in [4.78, 5) is 22.7. The number of carbonyl (C=O) groups is 1. The topological polar surface area (TPSA) is 81.5 Å². The highest BCUT2D eigenvalue weighted by molar-refractivity contribution is 5.78. The summed E-state index contributed by atoms with van der Waals surface area (Å²) in [6.45, 7) is 3.91. The maximum absolute atomic E-state index is 12.3. The molecule has 0 spiro atoms. The van der Waals surface area contributed by atoms with Crippen LogP contribution in [0.25, 0.3) is 0 Å². The fourth-order valence-corrected chi connectivity index (χ4v) is 2.54. The molecule has 2 rings (SSSR count). The first-order valence-corrected chi connectivity index (χ1v) is 8.18. The first kappa shape index (κ1) is 18.4. The lowest BCUT2D eigenvalue weighted by Gasteiger charge is -2.21. The van der Waals surface area contributed by atoms with Gasteiger partial charge in [-0.05, 0) is 24.0 Å². The Morgan fingerprint density at radius 2 is 1.76 bits per heavy atom. The van der Waals surface area contributed by atoms with Gasteiger partial charge in [0.1, 0.15) is 0 Å². The van der Waals surface area contributed by atoms with Gasteiger partial charge in [-0.2, -0.15) is 0 Å². The lowest BCUT2D eigenvalue weighted by atomic mass is 9.97. The zero-order valence-corrected chi connectivity index (χ0v) is 14.3. The average molecular weight is 342 g/mol. The molecule has 1 N–H and O–H groups in total. The van der Waals surface area contributed by atoms with Crippen molar-refractivity contribution in [1.29, 1.82) is 0 Å². The zero-order chi connectivity index (χ0) is 18.2. The van der Waals surface area contributed by atoms with Gasteiger partial charge in [0.05, 0.1) is 11.0 Å². The minimum atomic E-state index is -0.529. The number of nitro benzene ring substituents is 1. The number of nitrogens with zero attached hydrogens (tertiary/aromatic N) is 1. The predicted molar refractivity (Wildman–Crippen MR) is 95.4 cm³/mol. The van der Waals surface area contributed by atoms with Crippen LogP contribution in [-0.2, 0) is 4.79 Å². The Morgan fingerprint density at radius 3 is 2.40 bits per heavy atom. The molecule has 0 bridgehead atoms. The largest absolute Gasteiger partial charge is 0.477 e. The van der Waals surface area contributed by atoms with E-state index >= 15 is 0 Å². The molecule has 2 aromatic rings. The molecule has 0 aliphatic heterocycles. The molecular formula is C19H22N2O4. The Hall–Kier alpha value is -2.89. The van der Waals surface area contributed by atoms with Crippen LogP contribution in [0.5, 0.6) is 5.75 Å². The molecule has 0 unspecified atom stereocenters. The average Bonchev–Trinajstić information content (AvgIpc) is 2.60. The quantitative estimate of drug-likeness (QED) is 0.583. The van der Waals surface area contributed by atoms with Crippen molar-refractivity contribution in [3.05, 3.63) is 70.3 Å². The standard InChI is InChI=1S/C19H22N2O4/c1-14(2)12-16(15-8-4-3-5-9-15)20-19(22)13-25-18-11-7-6-10-17(18)21(23)24/h3-11,14,16H,12-13H2,1-2H3,(H,20,22)/t16-/m1/s1. The third kappa shape index (κ3) is 5.60. The summed E-state index contributed by atoms with van der Waals surface area (Å²) in [5, 5.41) is 13.9. The van der Waals surface area contributed by atoms with E-state index < -0.39 is 4.92 Å². The molecule has 0 aromatic heterocycles. The molecule has 2 aromatic carbocycles. The fraction of sp³-hybridized carbons (Fsp3) is 0.316. The van der Waals surface area contributed by atoms with Crippen LogP contribution in [0.3, 0.4) is 0 Å². The summed E-state index contributed by atoms with van der Waals surface area (Å²) in [7, 11) is 0. The first-order chi connectivity index (χ1) is 12.0. The van der Waals surface area contributed by atoms with Crippen LogP contribution in [0.1, 0.15) is 31.9 Å². The molecule has 0 aliphatic rings. The second-order valence-corrected chi connectivity index (χ2v) is 6.17. The van der Waals surface area contributed by atoms with Crippen molar-refractivity contribution in [1.82, 2.24) is 5.32 Å². The number of nitrogens with one attached hydrogen (secondary N) is 1. The highest BCUT2D eigenvalue weighted by Crippen LogP contribution is 2.26. The van der Waals surface area contributed by atoms with Crippen molar-refractivity contribution in [2.45, 2.75) is 26.3 Å². The van der Waals surface area contributed by atoms with Gasteiger partial charge in [0.2, 0.25) is 0 Å². The lowest BCUT2D eigenvalue weighted by Crippen LogP contribution is -2.33. The molecule has 0 aliphatic carbocycles. The van der Waals surface area contributed by atoms with Gasteiger partial charge in [0, 0.05) is 6.07 Å². The molecular weight excluding hydrogens is 320 g/mol. The van der Waals surface area contributed by atoms with Crippen molar-refractivity contribution in [3.8, 4) is 5.75 Å². The number of nitro groups is 1. The van der Waals surface area contributed by atoms with E-state index in [1.165, 1.54) is 12.1 Å². The summed E-state index contributed by atoms with van der Waals surface area (Å²) < 4.78 is 5.35. The van der Waals surface area contributed by atoms with Gasteiger partial charge < -0.3 is 10.1 Å². The maximum atomic E-state index is 12.3. The third-order valence-electron chi connectivity index (χ3n) is 3.66. The van der Waals surface area contributed by atoms with Gasteiger partial charge in [0.15, 0.2) is 12.4 Å². The zero-order valence-electron chi connectivity index (χ0n) is 14.3. The molecule has 6 nitrogen and oxygen atoms in total. The Morgan fingerprint density at radius 1 is 1.12 bits per heavy atom. The summed E-state index contributed by atoms with van der Waals surface area (Å²) in [5.41, 5.74) is 0.868. The maximum Gasteiger partial charge on any atom is 0.310 e. The van der Waals surface area contributed by atoms with Crippen LogP contribution in [-0.4, -0.2) is 17.4 Å². The number of carbonyl (C=O) groups excluding carboxylic acids is 1. The van der Waals surface area contributed by atoms with E-state index in [9.17, 15) is 14.9 Å². The Kier molecular flexibility index (Phi) is 6.51. The smallest absolute Gasteiger partial charge is 0.310 e. The van der Waals surface area contributed by atoms with E-state index in [4.69, 9.17) is 4.74 Å². The summed E-state index contributed by atoms with van der Waals surface area (Å²) in [6, 6.07) is 15.6. The van der Waals surface area contributed by atoms with Crippen LogP contribution in [0.4, 0.5) is 5.69 Å². The molecule has 0 radical (unpaired) electrons. The minimum absolute atomic E-state index is 0.0859. The third-order valence-corrected chi connectivity index (χ3v) is 3.66. The number of hydrogen-bond acceptors (Lipinski definition) is 4. The number of amides is 1. The minimum Gasteiger partial charge on any atom is -0.477 e. The monoisotopic (exact) mass is 342 g/mol. The SMILES string of the molecule is CC(C)C[C@@H](NC(=O)COc1ccccc1[N+](=O)[O-])c1ccccc1. The highest BCUT2D eigenvalue weighted by atomic mass is 16.6. The summed E-state index contributed by atoms with van der Waals surface area (Å²) in [6.07, 6.45) is 0.793. The Balaban J connectivity index is 2.01. The van der Waals surface area contributed by atoms with E-state index in [0.29, 0.717) is 5.92 Å². The lowest BCUT2D eigenvalue weighted by molar-refractivity contribution is -0.385. The van der Waals surface area contributed by atoms with Crippen LogP contribution >= 0.6 is 0 Å². The number of benzene rings is 2. The highest BCUT2D eigenvalue weighted by Gasteiger charge is 2.18. The van der Waals surface area contributed by atoms with Crippen molar-refractivity contribution in [2.75, 3.05) is 6.61 Å². The van der Waals surface area contributed by atoms with Gasteiger partial charge in [-0.25, -0.2) is 0 Å².